The van der Waals surface area contributed by atoms with Gasteiger partial charge in [0.15, 0.2) is 6.10 Å². The van der Waals surface area contributed by atoms with Gasteiger partial charge in [0, 0.05) is 23.1 Å². The molecule has 4 nitrogen and oxygen atoms in total. The maximum atomic E-state index is 12.7. The lowest BCUT2D eigenvalue weighted by atomic mass is 10.0. The zero-order valence-corrected chi connectivity index (χ0v) is 14.9. The summed E-state index contributed by atoms with van der Waals surface area (Å²) >= 11 is 0. The third-order valence-corrected chi connectivity index (χ3v) is 4.99. The van der Waals surface area contributed by atoms with Crippen molar-refractivity contribution in [2.45, 2.75) is 39.2 Å². The predicted octanol–water partition coefficient (Wildman–Crippen LogP) is 4.24. The van der Waals surface area contributed by atoms with E-state index in [1.807, 2.05) is 25.1 Å². The minimum absolute atomic E-state index is 0.0505. The van der Waals surface area contributed by atoms with Crippen molar-refractivity contribution in [2.75, 3.05) is 0 Å². The van der Waals surface area contributed by atoms with Crippen LogP contribution in [0.15, 0.2) is 51.7 Å². The molecule has 0 N–H and O–H groups in total. The molecule has 0 unspecified atom stereocenters. The molecule has 0 saturated heterocycles. The second-order valence-corrected chi connectivity index (χ2v) is 6.87. The molecule has 0 spiro atoms. The number of fused-ring (bicyclic) bond motifs is 2. The van der Waals surface area contributed by atoms with Crippen LogP contribution in [0.25, 0.3) is 11.0 Å². The molecule has 0 amide bonds. The van der Waals surface area contributed by atoms with Crippen molar-refractivity contribution in [3.63, 3.8) is 0 Å². The Balaban J connectivity index is 1.57. The summed E-state index contributed by atoms with van der Waals surface area (Å²) in [5, 5.41) is 0.856. The van der Waals surface area contributed by atoms with Crippen molar-refractivity contribution in [3.8, 4) is 5.75 Å². The van der Waals surface area contributed by atoms with E-state index in [0.717, 1.165) is 30.2 Å². The van der Waals surface area contributed by atoms with E-state index in [4.69, 9.17) is 9.15 Å². The Kier molecular flexibility index (Phi) is 4.11. The van der Waals surface area contributed by atoms with Crippen LogP contribution in [0.5, 0.6) is 5.75 Å². The largest absolute Gasteiger partial charge is 0.482 e. The average Bonchev–Trinajstić information content (AvgIpc) is 3.08. The smallest absolute Gasteiger partial charge is 0.336 e. The van der Waals surface area contributed by atoms with Crippen LogP contribution in [-0.4, -0.2) is 11.9 Å². The number of ether oxygens (including phenoxy) is 1. The summed E-state index contributed by atoms with van der Waals surface area (Å²) in [4.78, 5) is 24.3. The van der Waals surface area contributed by atoms with Crippen molar-refractivity contribution in [2.24, 2.45) is 0 Å². The lowest BCUT2D eigenvalue weighted by Crippen LogP contribution is -2.24. The van der Waals surface area contributed by atoms with Crippen LogP contribution in [0, 0.1) is 6.92 Å². The standard InChI is InChI=1S/C22H20O4/c1-13-10-21(23)26-20-12-18(8-9-19(13)20)25-14(2)22(24)17-7-6-15-4-3-5-16(15)11-17/h6-12,14H,3-5H2,1-2H3/t14-/m0/s1. The van der Waals surface area contributed by atoms with Gasteiger partial charge in [-0.1, -0.05) is 12.1 Å². The van der Waals surface area contributed by atoms with Gasteiger partial charge in [-0.2, -0.15) is 0 Å². The zero-order chi connectivity index (χ0) is 18.3. The van der Waals surface area contributed by atoms with Gasteiger partial charge in [0.2, 0.25) is 5.78 Å². The minimum Gasteiger partial charge on any atom is -0.482 e. The maximum absolute atomic E-state index is 12.7. The first-order valence-electron chi connectivity index (χ1n) is 8.88. The van der Waals surface area contributed by atoms with E-state index in [-0.39, 0.29) is 5.78 Å². The second-order valence-electron chi connectivity index (χ2n) is 6.87. The fourth-order valence-corrected chi connectivity index (χ4v) is 3.60. The van der Waals surface area contributed by atoms with Crippen LogP contribution in [0.4, 0.5) is 0 Å². The summed E-state index contributed by atoms with van der Waals surface area (Å²) in [5.74, 6) is 0.457. The Hall–Kier alpha value is -2.88. The van der Waals surface area contributed by atoms with E-state index < -0.39 is 11.7 Å². The van der Waals surface area contributed by atoms with Crippen LogP contribution in [0.1, 0.15) is 40.4 Å². The van der Waals surface area contributed by atoms with Gasteiger partial charge in [-0.3, -0.25) is 4.79 Å². The second kappa shape index (κ2) is 6.45. The number of benzene rings is 2. The van der Waals surface area contributed by atoms with E-state index in [0.29, 0.717) is 16.9 Å². The van der Waals surface area contributed by atoms with Crippen molar-refractivity contribution in [3.05, 3.63) is 75.1 Å². The molecule has 1 heterocycles. The van der Waals surface area contributed by atoms with Gasteiger partial charge in [0.25, 0.3) is 0 Å². The SMILES string of the molecule is Cc1cc(=O)oc2cc(O[C@@H](C)C(=O)c3ccc4c(c3)CCC4)ccc12. The molecular formula is C22H20O4. The summed E-state index contributed by atoms with van der Waals surface area (Å²) in [6.45, 7) is 3.60. The monoisotopic (exact) mass is 348 g/mol. The van der Waals surface area contributed by atoms with Gasteiger partial charge in [0.1, 0.15) is 11.3 Å². The van der Waals surface area contributed by atoms with Crippen LogP contribution < -0.4 is 10.4 Å². The van der Waals surface area contributed by atoms with E-state index in [9.17, 15) is 9.59 Å². The van der Waals surface area contributed by atoms with Crippen molar-refractivity contribution >= 4 is 16.8 Å². The van der Waals surface area contributed by atoms with Gasteiger partial charge < -0.3 is 9.15 Å². The van der Waals surface area contributed by atoms with Crippen molar-refractivity contribution in [1.29, 1.82) is 0 Å². The third kappa shape index (κ3) is 3.03. The van der Waals surface area contributed by atoms with E-state index in [1.54, 1.807) is 19.1 Å². The lowest BCUT2D eigenvalue weighted by molar-refractivity contribution is 0.0818. The Bertz CT molecular complexity index is 1060. The Labute approximate surface area is 151 Å². The fourth-order valence-electron chi connectivity index (χ4n) is 3.60. The van der Waals surface area contributed by atoms with Gasteiger partial charge in [-0.15, -0.1) is 0 Å². The van der Waals surface area contributed by atoms with Gasteiger partial charge >= 0.3 is 5.63 Å². The van der Waals surface area contributed by atoms with E-state index in [2.05, 4.69) is 6.07 Å². The Morgan fingerprint density at radius 1 is 1.08 bits per heavy atom. The number of aryl methyl sites for hydroxylation is 3. The molecule has 26 heavy (non-hydrogen) atoms. The van der Waals surface area contributed by atoms with Crippen molar-refractivity contribution in [1.82, 2.24) is 0 Å². The number of carbonyl (C=O) groups excluding carboxylic acids is 1. The van der Waals surface area contributed by atoms with Gasteiger partial charge in [-0.05, 0) is 68.0 Å². The van der Waals surface area contributed by atoms with E-state index in [1.165, 1.54) is 17.2 Å². The molecule has 1 aromatic heterocycles. The number of ketones is 1. The summed E-state index contributed by atoms with van der Waals surface area (Å²) in [6, 6.07) is 12.7. The lowest BCUT2D eigenvalue weighted by Gasteiger charge is -2.15. The molecule has 1 aliphatic carbocycles. The van der Waals surface area contributed by atoms with Gasteiger partial charge in [0.05, 0.1) is 0 Å². The summed E-state index contributed by atoms with van der Waals surface area (Å²) in [5.41, 5.74) is 4.21. The number of carbonyl (C=O) groups is 1. The Morgan fingerprint density at radius 2 is 1.88 bits per heavy atom. The molecule has 0 fully saturated rings. The molecule has 0 aliphatic heterocycles. The molecule has 3 aromatic rings. The highest BCUT2D eigenvalue weighted by Crippen LogP contribution is 2.25. The molecular weight excluding hydrogens is 328 g/mol. The molecule has 132 valence electrons. The highest BCUT2D eigenvalue weighted by molar-refractivity contribution is 5.99. The molecule has 0 saturated carbocycles. The van der Waals surface area contributed by atoms with Crippen LogP contribution in [-0.2, 0) is 12.8 Å². The van der Waals surface area contributed by atoms with Gasteiger partial charge in [-0.25, -0.2) is 4.79 Å². The normalized spacial score (nSPS) is 14.2. The fraction of sp³-hybridized carbons (Fsp3) is 0.273. The van der Waals surface area contributed by atoms with Crippen LogP contribution >= 0.6 is 0 Å². The first-order valence-corrected chi connectivity index (χ1v) is 8.88. The van der Waals surface area contributed by atoms with E-state index >= 15 is 0 Å². The number of rotatable bonds is 4. The van der Waals surface area contributed by atoms with Crippen LogP contribution in [0.3, 0.4) is 0 Å². The first kappa shape index (κ1) is 16.6. The number of Topliss-reactive ketones (excluding diaryl/α,β-unsaturated/α-hetero) is 1. The third-order valence-electron chi connectivity index (χ3n) is 4.99. The van der Waals surface area contributed by atoms with Crippen molar-refractivity contribution < 1.29 is 13.9 Å². The molecule has 4 rings (SSSR count). The summed E-state index contributed by atoms with van der Waals surface area (Å²) in [7, 11) is 0. The molecule has 1 atom stereocenters. The molecule has 0 bridgehead atoms. The minimum atomic E-state index is -0.622. The highest BCUT2D eigenvalue weighted by Gasteiger charge is 2.20. The molecule has 4 heteroatoms. The molecule has 1 aliphatic rings. The first-order chi connectivity index (χ1) is 12.5. The predicted molar refractivity (Wildman–Crippen MR) is 100 cm³/mol. The van der Waals surface area contributed by atoms with Crippen LogP contribution in [0.2, 0.25) is 0 Å². The maximum Gasteiger partial charge on any atom is 0.336 e. The zero-order valence-electron chi connectivity index (χ0n) is 14.9. The number of hydrogen-bond acceptors (Lipinski definition) is 4. The number of hydrogen-bond donors (Lipinski definition) is 0. The molecule has 0 radical (unpaired) electrons. The topological polar surface area (TPSA) is 56.5 Å². The quantitative estimate of drug-likeness (QED) is 0.523. The summed E-state index contributed by atoms with van der Waals surface area (Å²) in [6.07, 6.45) is 2.66. The summed E-state index contributed by atoms with van der Waals surface area (Å²) < 4.78 is 11.1. The average molecular weight is 348 g/mol. The highest BCUT2D eigenvalue weighted by atomic mass is 16.5. The molecule has 2 aromatic carbocycles. The Morgan fingerprint density at radius 3 is 2.73 bits per heavy atom.